The third kappa shape index (κ3) is 4.65. The lowest BCUT2D eigenvalue weighted by molar-refractivity contribution is -0.155. The second kappa shape index (κ2) is 4.97. The summed E-state index contributed by atoms with van der Waals surface area (Å²) in [7, 11) is 0. The smallest absolute Gasteiger partial charge is 0.306 e. The van der Waals surface area contributed by atoms with Crippen molar-refractivity contribution in [1.29, 1.82) is 0 Å². The van der Waals surface area contributed by atoms with Crippen molar-refractivity contribution < 1.29 is 9.53 Å². The molecule has 0 radical (unpaired) electrons. The van der Waals surface area contributed by atoms with E-state index in [1.165, 1.54) is 0 Å². The largest absolute Gasteiger partial charge is 0.460 e. The summed E-state index contributed by atoms with van der Waals surface area (Å²) < 4.78 is 5.31. The summed E-state index contributed by atoms with van der Waals surface area (Å²) in [6.45, 7) is 11.2. The highest BCUT2D eigenvalue weighted by molar-refractivity contribution is 5.70. The van der Waals surface area contributed by atoms with Crippen LogP contribution in [0.5, 0.6) is 0 Å². The number of likely N-dealkylation sites (tertiary alicyclic amines) is 1. The Morgan fingerprint density at radius 3 is 2.60 bits per heavy atom. The van der Waals surface area contributed by atoms with E-state index in [0.717, 1.165) is 26.1 Å². The summed E-state index contributed by atoms with van der Waals surface area (Å²) in [6.07, 6.45) is 1.71. The monoisotopic (exact) mass is 213 g/mol. The second-order valence-corrected chi connectivity index (χ2v) is 5.34. The Bertz CT molecular complexity index is 220. The van der Waals surface area contributed by atoms with E-state index in [1.54, 1.807) is 0 Å². The molecule has 1 fully saturated rings. The number of carbonyl (C=O) groups excluding carboxylic acids is 1. The lowest BCUT2D eigenvalue weighted by Gasteiger charge is -2.20. The predicted molar refractivity (Wildman–Crippen MR) is 60.7 cm³/mol. The summed E-state index contributed by atoms with van der Waals surface area (Å²) in [5, 5.41) is 0. The number of carbonyl (C=O) groups is 1. The number of ether oxygens (including phenoxy) is 1. The van der Waals surface area contributed by atoms with E-state index in [9.17, 15) is 4.79 Å². The van der Waals surface area contributed by atoms with E-state index in [0.29, 0.717) is 12.3 Å². The number of hydrogen-bond acceptors (Lipinski definition) is 3. The molecule has 1 rings (SSSR count). The molecule has 1 aliphatic heterocycles. The highest BCUT2D eigenvalue weighted by Gasteiger charge is 2.25. The van der Waals surface area contributed by atoms with Gasteiger partial charge in [0.1, 0.15) is 5.60 Å². The zero-order valence-corrected chi connectivity index (χ0v) is 10.4. The van der Waals surface area contributed by atoms with Crippen LogP contribution in [0, 0.1) is 5.92 Å². The van der Waals surface area contributed by atoms with E-state index in [1.807, 2.05) is 20.8 Å². The van der Waals surface area contributed by atoms with Crippen LogP contribution in [-0.2, 0) is 9.53 Å². The van der Waals surface area contributed by atoms with Gasteiger partial charge in [-0.05, 0) is 46.2 Å². The zero-order chi connectivity index (χ0) is 11.5. The van der Waals surface area contributed by atoms with E-state index in [-0.39, 0.29) is 11.6 Å². The van der Waals surface area contributed by atoms with Crippen LogP contribution in [0.1, 0.15) is 40.5 Å². The number of nitrogens with zero attached hydrogens (tertiary/aromatic N) is 1. The van der Waals surface area contributed by atoms with Gasteiger partial charge in [-0.25, -0.2) is 0 Å². The van der Waals surface area contributed by atoms with Gasteiger partial charge < -0.3 is 9.64 Å². The Morgan fingerprint density at radius 1 is 1.47 bits per heavy atom. The number of esters is 1. The highest BCUT2D eigenvalue weighted by atomic mass is 16.6. The summed E-state index contributed by atoms with van der Waals surface area (Å²) >= 11 is 0. The predicted octanol–water partition coefficient (Wildman–Crippen LogP) is 2.06. The van der Waals surface area contributed by atoms with Gasteiger partial charge in [0, 0.05) is 13.0 Å². The van der Waals surface area contributed by atoms with Crippen LogP contribution >= 0.6 is 0 Å². The molecule has 3 heteroatoms. The lowest BCUT2D eigenvalue weighted by atomic mass is 10.1. The average molecular weight is 213 g/mol. The molecule has 1 aliphatic rings. The molecule has 0 amide bonds. The van der Waals surface area contributed by atoms with Crippen LogP contribution in [0.4, 0.5) is 0 Å². The van der Waals surface area contributed by atoms with Gasteiger partial charge in [-0.3, -0.25) is 4.79 Å². The minimum Gasteiger partial charge on any atom is -0.460 e. The molecule has 88 valence electrons. The SMILES string of the molecule is CCN1CC[C@@H](CC(=O)OC(C)(C)C)C1. The maximum Gasteiger partial charge on any atom is 0.306 e. The Balaban J connectivity index is 2.28. The normalized spacial score (nSPS) is 23.1. The summed E-state index contributed by atoms with van der Waals surface area (Å²) in [6, 6.07) is 0. The zero-order valence-electron chi connectivity index (χ0n) is 10.4. The van der Waals surface area contributed by atoms with Gasteiger partial charge in [-0.15, -0.1) is 0 Å². The fraction of sp³-hybridized carbons (Fsp3) is 0.917. The lowest BCUT2D eigenvalue weighted by Crippen LogP contribution is -2.26. The van der Waals surface area contributed by atoms with Crippen molar-refractivity contribution in [3.05, 3.63) is 0 Å². The van der Waals surface area contributed by atoms with E-state index in [4.69, 9.17) is 4.74 Å². The fourth-order valence-electron chi connectivity index (χ4n) is 1.99. The standard InChI is InChI=1S/C12H23NO2/c1-5-13-7-6-10(9-13)8-11(14)15-12(2,3)4/h10H,5-9H2,1-4H3/t10-/m0/s1. The first-order chi connectivity index (χ1) is 6.90. The van der Waals surface area contributed by atoms with Crippen LogP contribution in [0.15, 0.2) is 0 Å². The number of rotatable bonds is 3. The molecular weight excluding hydrogens is 190 g/mol. The van der Waals surface area contributed by atoms with Crippen LogP contribution in [0.3, 0.4) is 0 Å². The van der Waals surface area contributed by atoms with Gasteiger partial charge >= 0.3 is 5.97 Å². The maximum absolute atomic E-state index is 11.6. The van der Waals surface area contributed by atoms with Crippen molar-refractivity contribution in [3.8, 4) is 0 Å². The molecule has 0 aliphatic carbocycles. The molecular formula is C12H23NO2. The van der Waals surface area contributed by atoms with Gasteiger partial charge in [0.25, 0.3) is 0 Å². The van der Waals surface area contributed by atoms with Crippen LogP contribution in [-0.4, -0.2) is 36.1 Å². The van der Waals surface area contributed by atoms with Crippen molar-refractivity contribution in [2.75, 3.05) is 19.6 Å². The average Bonchev–Trinajstić information content (AvgIpc) is 2.48. The summed E-state index contributed by atoms with van der Waals surface area (Å²) in [4.78, 5) is 14.0. The first kappa shape index (κ1) is 12.5. The summed E-state index contributed by atoms with van der Waals surface area (Å²) in [5.41, 5.74) is -0.347. The van der Waals surface area contributed by atoms with Crippen LogP contribution < -0.4 is 0 Å². The maximum atomic E-state index is 11.6. The fourth-order valence-corrected chi connectivity index (χ4v) is 1.99. The van der Waals surface area contributed by atoms with Gasteiger partial charge in [0.15, 0.2) is 0 Å². The highest BCUT2D eigenvalue weighted by Crippen LogP contribution is 2.20. The van der Waals surface area contributed by atoms with Crippen LogP contribution in [0.25, 0.3) is 0 Å². The molecule has 1 saturated heterocycles. The van der Waals surface area contributed by atoms with Crippen molar-refractivity contribution in [2.24, 2.45) is 5.92 Å². The molecule has 0 aromatic rings. The van der Waals surface area contributed by atoms with Gasteiger partial charge in [-0.1, -0.05) is 6.92 Å². The molecule has 1 atom stereocenters. The van der Waals surface area contributed by atoms with Crippen molar-refractivity contribution in [1.82, 2.24) is 4.90 Å². The molecule has 0 spiro atoms. The van der Waals surface area contributed by atoms with E-state index < -0.39 is 0 Å². The Hall–Kier alpha value is -0.570. The second-order valence-electron chi connectivity index (χ2n) is 5.34. The van der Waals surface area contributed by atoms with Gasteiger partial charge in [-0.2, -0.15) is 0 Å². The minimum absolute atomic E-state index is 0.0505. The van der Waals surface area contributed by atoms with E-state index in [2.05, 4.69) is 11.8 Å². The molecule has 1 heterocycles. The van der Waals surface area contributed by atoms with Gasteiger partial charge in [0.2, 0.25) is 0 Å². The molecule has 3 nitrogen and oxygen atoms in total. The Kier molecular flexibility index (Phi) is 4.14. The van der Waals surface area contributed by atoms with Gasteiger partial charge in [0.05, 0.1) is 0 Å². The molecule has 0 aromatic heterocycles. The molecule has 0 saturated carbocycles. The van der Waals surface area contributed by atoms with Crippen molar-refractivity contribution >= 4 is 5.97 Å². The summed E-state index contributed by atoms with van der Waals surface area (Å²) in [5.74, 6) is 0.449. The first-order valence-corrected chi connectivity index (χ1v) is 5.85. The minimum atomic E-state index is -0.347. The molecule has 0 unspecified atom stereocenters. The van der Waals surface area contributed by atoms with Crippen molar-refractivity contribution in [2.45, 2.75) is 46.1 Å². The van der Waals surface area contributed by atoms with Crippen molar-refractivity contribution in [3.63, 3.8) is 0 Å². The first-order valence-electron chi connectivity index (χ1n) is 5.85. The van der Waals surface area contributed by atoms with E-state index >= 15 is 0 Å². The Morgan fingerprint density at radius 2 is 2.13 bits per heavy atom. The molecule has 0 aromatic carbocycles. The molecule has 0 bridgehead atoms. The quantitative estimate of drug-likeness (QED) is 0.672. The van der Waals surface area contributed by atoms with Crippen LogP contribution in [0.2, 0.25) is 0 Å². The number of hydrogen-bond donors (Lipinski definition) is 0. The molecule has 0 N–H and O–H groups in total. The molecule has 15 heavy (non-hydrogen) atoms. The third-order valence-corrected chi connectivity index (χ3v) is 2.69. The topological polar surface area (TPSA) is 29.5 Å². The third-order valence-electron chi connectivity index (χ3n) is 2.69. The Labute approximate surface area is 92.8 Å².